The maximum atomic E-state index is 13.7. The monoisotopic (exact) mass is 236 g/mol. The van der Waals surface area contributed by atoms with E-state index in [9.17, 15) is 4.39 Å². The second-order valence-corrected chi connectivity index (χ2v) is 4.00. The van der Waals surface area contributed by atoms with Crippen LogP contribution in [0.4, 0.5) is 4.39 Å². The molecule has 1 atom stereocenters. The van der Waals surface area contributed by atoms with Gasteiger partial charge in [-0.05, 0) is 31.2 Å². The molecular formula is C13H17FN2O. The van der Waals surface area contributed by atoms with Crippen molar-refractivity contribution in [2.75, 3.05) is 13.2 Å². The molecule has 1 aliphatic heterocycles. The van der Waals surface area contributed by atoms with Crippen LogP contribution in [0.1, 0.15) is 31.5 Å². The van der Waals surface area contributed by atoms with Crippen molar-refractivity contribution in [1.82, 2.24) is 10.3 Å². The summed E-state index contributed by atoms with van der Waals surface area (Å²) >= 11 is 0. The third-order valence-electron chi connectivity index (χ3n) is 2.68. The van der Waals surface area contributed by atoms with Crippen LogP contribution in [0.25, 0.3) is 0 Å². The van der Waals surface area contributed by atoms with Gasteiger partial charge in [0.1, 0.15) is 23.3 Å². The van der Waals surface area contributed by atoms with Crippen molar-refractivity contribution in [1.29, 1.82) is 0 Å². The first-order chi connectivity index (χ1) is 8.33. The van der Waals surface area contributed by atoms with Crippen molar-refractivity contribution in [2.45, 2.75) is 25.8 Å². The molecule has 1 aliphatic rings. The van der Waals surface area contributed by atoms with Gasteiger partial charge in [0.05, 0.1) is 6.61 Å². The van der Waals surface area contributed by atoms with E-state index in [1.165, 1.54) is 6.07 Å². The van der Waals surface area contributed by atoms with Crippen LogP contribution in [0.2, 0.25) is 0 Å². The molecule has 1 unspecified atom stereocenters. The van der Waals surface area contributed by atoms with E-state index in [0.717, 1.165) is 25.1 Å². The van der Waals surface area contributed by atoms with Crippen LogP contribution in [0, 0.1) is 5.82 Å². The fraction of sp³-hybridized carbons (Fsp3) is 0.462. The minimum atomic E-state index is -0.294. The highest BCUT2D eigenvalue weighted by molar-refractivity contribution is 5.21. The molecule has 1 aromatic rings. The molecule has 1 N–H and O–H groups in total. The standard InChI is InChI=1S/C13H17FN2O/c1-2-7-15-13(11-6-4-9-17-11)12-10(14)5-3-8-16-12/h3,5-6,8,13,15H,2,4,7,9H2,1H3. The molecule has 0 aliphatic carbocycles. The summed E-state index contributed by atoms with van der Waals surface area (Å²) in [5.41, 5.74) is 0.411. The van der Waals surface area contributed by atoms with E-state index in [0.29, 0.717) is 12.3 Å². The Labute approximate surface area is 101 Å². The molecule has 0 fully saturated rings. The Morgan fingerprint density at radius 1 is 1.59 bits per heavy atom. The third-order valence-corrected chi connectivity index (χ3v) is 2.68. The first kappa shape index (κ1) is 12.0. The summed E-state index contributed by atoms with van der Waals surface area (Å²) < 4.78 is 19.2. The summed E-state index contributed by atoms with van der Waals surface area (Å²) in [4.78, 5) is 4.12. The van der Waals surface area contributed by atoms with E-state index in [1.807, 2.05) is 6.08 Å². The van der Waals surface area contributed by atoms with Crippen molar-refractivity contribution in [3.05, 3.63) is 41.7 Å². The van der Waals surface area contributed by atoms with Gasteiger partial charge in [-0.25, -0.2) is 4.39 Å². The lowest BCUT2D eigenvalue weighted by molar-refractivity contribution is 0.213. The molecule has 0 amide bonds. The summed E-state index contributed by atoms with van der Waals surface area (Å²) in [6.07, 6.45) is 5.47. The summed E-state index contributed by atoms with van der Waals surface area (Å²) in [6, 6.07) is 2.76. The Bertz CT molecular complexity index is 406. The highest BCUT2D eigenvalue weighted by atomic mass is 19.1. The molecule has 0 spiro atoms. The minimum Gasteiger partial charge on any atom is -0.496 e. The minimum absolute atomic E-state index is 0.265. The van der Waals surface area contributed by atoms with Gasteiger partial charge in [0.15, 0.2) is 0 Å². The second kappa shape index (κ2) is 5.77. The number of halogens is 1. The summed E-state index contributed by atoms with van der Waals surface area (Å²) in [6.45, 7) is 3.55. The van der Waals surface area contributed by atoms with Crippen LogP contribution in [-0.2, 0) is 4.74 Å². The van der Waals surface area contributed by atoms with Crippen molar-refractivity contribution in [2.24, 2.45) is 0 Å². The van der Waals surface area contributed by atoms with Crippen LogP contribution in [0.3, 0.4) is 0 Å². The van der Waals surface area contributed by atoms with Crippen molar-refractivity contribution < 1.29 is 9.13 Å². The normalized spacial score (nSPS) is 16.5. The number of ether oxygens (including phenoxy) is 1. The van der Waals surface area contributed by atoms with Crippen LogP contribution >= 0.6 is 0 Å². The number of hydrogen-bond donors (Lipinski definition) is 1. The van der Waals surface area contributed by atoms with Gasteiger partial charge in [-0.15, -0.1) is 0 Å². The van der Waals surface area contributed by atoms with Gasteiger partial charge in [0.2, 0.25) is 0 Å². The smallest absolute Gasteiger partial charge is 0.146 e. The predicted octanol–water partition coefficient (Wildman–Crippen LogP) is 2.57. The SMILES string of the molecule is CCCNC(C1=CCCO1)c1ncccc1F. The Morgan fingerprint density at radius 3 is 3.12 bits per heavy atom. The first-order valence-electron chi connectivity index (χ1n) is 5.99. The predicted molar refractivity (Wildman–Crippen MR) is 63.9 cm³/mol. The second-order valence-electron chi connectivity index (χ2n) is 4.00. The fourth-order valence-corrected chi connectivity index (χ4v) is 1.87. The van der Waals surface area contributed by atoms with E-state index in [4.69, 9.17) is 4.74 Å². The van der Waals surface area contributed by atoms with Crippen LogP contribution in [0.15, 0.2) is 30.2 Å². The van der Waals surface area contributed by atoms with Crippen LogP contribution < -0.4 is 5.32 Å². The van der Waals surface area contributed by atoms with E-state index in [-0.39, 0.29) is 11.9 Å². The van der Waals surface area contributed by atoms with Gasteiger partial charge in [-0.1, -0.05) is 6.92 Å². The molecule has 0 saturated heterocycles. The molecule has 1 aromatic heterocycles. The molecule has 3 nitrogen and oxygen atoms in total. The molecule has 0 aromatic carbocycles. The van der Waals surface area contributed by atoms with Crippen LogP contribution in [0.5, 0.6) is 0 Å². The molecular weight excluding hydrogens is 219 g/mol. The zero-order chi connectivity index (χ0) is 12.1. The Balaban J connectivity index is 2.23. The Kier molecular flexibility index (Phi) is 4.09. The average Bonchev–Trinajstić information content (AvgIpc) is 2.85. The summed E-state index contributed by atoms with van der Waals surface area (Å²) in [5, 5.41) is 3.27. The lowest BCUT2D eigenvalue weighted by atomic mass is 10.1. The van der Waals surface area contributed by atoms with E-state index in [1.54, 1.807) is 12.3 Å². The third kappa shape index (κ3) is 2.82. The zero-order valence-corrected chi connectivity index (χ0v) is 9.95. The molecule has 4 heteroatoms. The van der Waals surface area contributed by atoms with Crippen LogP contribution in [-0.4, -0.2) is 18.1 Å². The quantitative estimate of drug-likeness (QED) is 0.853. The summed E-state index contributed by atoms with van der Waals surface area (Å²) in [7, 11) is 0. The van der Waals surface area contributed by atoms with Crippen molar-refractivity contribution >= 4 is 0 Å². The fourth-order valence-electron chi connectivity index (χ4n) is 1.87. The number of nitrogens with zero attached hydrogens (tertiary/aromatic N) is 1. The van der Waals surface area contributed by atoms with E-state index < -0.39 is 0 Å². The van der Waals surface area contributed by atoms with E-state index >= 15 is 0 Å². The van der Waals surface area contributed by atoms with Gasteiger partial charge in [-0.3, -0.25) is 4.98 Å². The molecule has 2 rings (SSSR count). The lowest BCUT2D eigenvalue weighted by Gasteiger charge is -2.19. The average molecular weight is 236 g/mol. The van der Waals surface area contributed by atoms with Crippen molar-refractivity contribution in [3.63, 3.8) is 0 Å². The molecule has 17 heavy (non-hydrogen) atoms. The van der Waals surface area contributed by atoms with Gasteiger partial charge < -0.3 is 10.1 Å². The van der Waals surface area contributed by atoms with Gasteiger partial charge >= 0.3 is 0 Å². The van der Waals surface area contributed by atoms with Crippen molar-refractivity contribution in [3.8, 4) is 0 Å². The lowest BCUT2D eigenvalue weighted by Crippen LogP contribution is -2.26. The Hall–Kier alpha value is -1.42. The molecule has 0 saturated carbocycles. The molecule has 0 radical (unpaired) electrons. The molecule has 92 valence electrons. The van der Waals surface area contributed by atoms with Gasteiger partial charge in [-0.2, -0.15) is 0 Å². The molecule has 0 bridgehead atoms. The number of nitrogens with one attached hydrogen (secondary N) is 1. The largest absolute Gasteiger partial charge is 0.496 e. The number of hydrogen-bond acceptors (Lipinski definition) is 3. The summed E-state index contributed by atoms with van der Waals surface area (Å²) in [5.74, 6) is 0.494. The number of aromatic nitrogens is 1. The van der Waals surface area contributed by atoms with Gasteiger partial charge in [0, 0.05) is 12.6 Å². The molecule has 2 heterocycles. The Morgan fingerprint density at radius 2 is 2.47 bits per heavy atom. The maximum absolute atomic E-state index is 13.7. The first-order valence-corrected chi connectivity index (χ1v) is 5.99. The highest BCUT2D eigenvalue weighted by Gasteiger charge is 2.23. The van der Waals surface area contributed by atoms with E-state index in [2.05, 4.69) is 17.2 Å². The number of pyridine rings is 1. The van der Waals surface area contributed by atoms with Gasteiger partial charge in [0.25, 0.3) is 0 Å². The topological polar surface area (TPSA) is 34.1 Å². The zero-order valence-electron chi connectivity index (χ0n) is 9.95. The highest BCUT2D eigenvalue weighted by Crippen LogP contribution is 2.26. The maximum Gasteiger partial charge on any atom is 0.146 e. The number of rotatable bonds is 5.